The first-order valence-corrected chi connectivity index (χ1v) is 7.07. The fourth-order valence-corrected chi connectivity index (χ4v) is 1.76. The van der Waals surface area contributed by atoms with Crippen LogP contribution in [0.1, 0.15) is 64.7 Å². The van der Waals surface area contributed by atoms with Crippen molar-refractivity contribution in [1.82, 2.24) is 0 Å². The molecule has 3 N–H and O–H groups in total. The third kappa shape index (κ3) is 15.4. The standard InChI is InChI=1S/C15H28O3/c1-2-3-4-5-6-7-8-9-10-11-12-13-14-15(16,17)18/h11-14,16-18H,2-10H2,1H3. The Kier molecular flexibility index (Phi) is 11.0. The average molecular weight is 256 g/mol. The van der Waals surface area contributed by atoms with Crippen molar-refractivity contribution in [2.45, 2.75) is 70.7 Å². The van der Waals surface area contributed by atoms with Gasteiger partial charge in [0.05, 0.1) is 0 Å². The molecular weight excluding hydrogens is 228 g/mol. The number of hydrogen-bond donors (Lipinski definition) is 3. The zero-order valence-corrected chi connectivity index (χ0v) is 11.5. The van der Waals surface area contributed by atoms with Gasteiger partial charge in [-0.2, -0.15) is 0 Å². The van der Waals surface area contributed by atoms with Crippen LogP contribution in [-0.4, -0.2) is 21.3 Å². The van der Waals surface area contributed by atoms with Crippen LogP contribution in [0.25, 0.3) is 0 Å². The maximum atomic E-state index is 8.57. The van der Waals surface area contributed by atoms with Crippen molar-refractivity contribution in [1.29, 1.82) is 0 Å². The number of aliphatic hydroxyl groups is 3. The lowest BCUT2D eigenvalue weighted by molar-refractivity contribution is -0.273. The molecule has 0 aliphatic carbocycles. The van der Waals surface area contributed by atoms with Crippen molar-refractivity contribution in [2.75, 3.05) is 0 Å². The first kappa shape index (κ1) is 17.4. The van der Waals surface area contributed by atoms with Crippen molar-refractivity contribution in [3.05, 3.63) is 24.3 Å². The summed E-state index contributed by atoms with van der Waals surface area (Å²) in [6.45, 7) is 2.23. The molecule has 0 aromatic rings. The Labute approximate surface area is 111 Å². The van der Waals surface area contributed by atoms with Crippen LogP contribution in [0.4, 0.5) is 0 Å². The monoisotopic (exact) mass is 256 g/mol. The predicted octanol–water partition coefficient (Wildman–Crippen LogP) is 3.26. The molecule has 18 heavy (non-hydrogen) atoms. The van der Waals surface area contributed by atoms with E-state index < -0.39 is 5.97 Å². The summed E-state index contributed by atoms with van der Waals surface area (Å²) in [5, 5.41) is 25.7. The Bertz CT molecular complexity index is 226. The van der Waals surface area contributed by atoms with Gasteiger partial charge < -0.3 is 15.3 Å². The summed E-state index contributed by atoms with van der Waals surface area (Å²) in [5.41, 5.74) is 0. The molecule has 0 atom stereocenters. The van der Waals surface area contributed by atoms with Gasteiger partial charge in [0.25, 0.3) is 5.97 Å². The molecule has 0 unspecified atom stereocenters. The zero-order valence-electron chi connectivity index (χ0n) is 11.5. The van der Waals surface area contributed by atoms with Crippen molar-refractivity contribution in [3.63, 3.8) is 0 Å². The van der Waals surface area contributed by atoms with Crippen molar-refractivity contribution >= 4 is 0 Å². The molecule has 0 saturated carbocycles. The van der Waals surface area contributed by atoms with Crippen molar-refractivity contribution < 1.29 is 15.3 Å². The van der Waals surface area contributed by atoms with Crippen LogP contribution in [0.3, 0.4) is 0 Å². The highest BCUT2D eigenvalue weighted by Gasteiger charge is 2.10. The minimum atomic E-state index is -2.69. The second kappa shape index (κ2) is 11.5. The van der Waals surface area contributed by atoms with E-state index in [1.807, 2.05) is 6.08 Å². The van der Waals surface area contributed by atoms with Gasteiger partial charge in [-0.25, -0.2) is 0 Å². The van der Waals surface area contributed by atoms with E-state index in [9.17, 15) is 0 Å². The molecule has 0 saturated heterocycles. The lowest BCUT2D eigenvalue weighted by Gasteiger charge is -2.05. The van der Waals surface area contributed by atoms with Crippen LogP contribution in [0.15, 0.2) is 24.3 Å². The molecule has 0 rings (SSSR count). The lowest BCUT2D eigenvalue weighted by atomic mass is 10.1. The average Bonchev–Trinajstić information content (AvgIpc) is 2.29. The van der Waals surface area contributed by atoms with Gasteiger partial charge in [-0.05, 0) is 12.8 Å². The van der Waals surface area contributed by atoms with Crippen molar-refractivity contribution in [2.24, 2.45) is 0 Å². The fraction of sp³-hybridized carbons (Fsp3) is 0.733. The Morgan fingerprint density at radius 3 is 1.89 bits per heavy atom. The lowest BCUT2D eigenvalue weighted by Crippen LogP contribution is -2.22. The zero-order chi connectivity index (χ0) is 13.7. The van der Waals surface area contributed by atoms with Gasteiger partial charge in [-0.15, -0.1) is 0 Å². The summed E-state index contributed by atoms with van der Waals surface area (Å²) >= 11 is 0. The van der Waals surface area contributed by atoms with Crippen LogP contribution in [0.2, 0.25) is 0 Å². The quantitative estimate of drug-likeness (QED) is 0.302. The van der Waals surface area contributed by atoms with E-state index in [1.165, 1.54) is 57.4 Å². The molecule has 0 aromatic carbocycles. The molecule has 0 amide bonds. The third-order valence-corrected chi connectivity index (χ3v) is 2.79. The smallest absolute Gasteiger partial charge is 0.297 e. The third-order valence-electron chi connectivity index (χ3n) is 2.79. The molecular formula is C15H28O3. The number of rotatable bonds is 11. The molecule has 0 fully saturated rings. The van der Waals surface area contributed by atoms with E-state index in [0.717, 1.165) is 12.5 Å². The highest BCUT2D eigenvalue weighted by Crippen LogP contribution is 2.09. The number of unbranched alkanes of at least 4 members (excludes halogenated alkanes) is 8. The normalized spacial score (nSPS) is 12.9. The van der Waals surface area contributed by atoms with Gasteiger partial charge in [0.15, 0.2) is 0 Å². The Balaban J connectivity index is 3.25. The SMILES string of the molecule is CCCCCCCCCCC=CC=CC(O)(O)O. The molecule has 0 spiro atoms. The Hall–Kier alpha value is -0.640. The van der Waals surface area contributed by atoms with Crippen LogP contribution < -0.4 is 0 Å². The summed E-state index contributed by atoms with van der Waals surface area (Å²) < 4.78 is 0. The summed E-state index contributed by atoms with van der Waals surface area (Å²) in [6, 6.07) is 0. The van der Waals surface area contributed by atoms with E-state index in [1.54, 1.807) is 6.08 Å². The molecule has 3 nitrogen and oxygen atoms in total. The molecule has 3 heteroatoms. The van der Waals surface area contributed by atoms with Gasteiger partial charge in [0.2, 0.25) is 0 Å². The predicted molar refractivity (Wildman–Crippen MR) is 74.9 cm³/mol. The highest BCUT2D eigenvalue weighted by atomic mass is 16.7. The van der Waals surface area contributed by atoms with Crippen LogP contribution >= 0.6 is 0 Å². The van der Waals surface area contributed by atoms with E-state index in [4.69, 9.17) is 15.3 Å². The van der Waals surface area contributed by atoms with Gasteiger partial charge in [-0.1, -0.05) is 70.1 Å². The Morgan fingerprint density at radius 1 is 0.778 bits per heavy atom. The van der Waals surface area contributed by atoms with Crippen LogP contribution in [-0.2, 0) is 0 Å². The minimum absolute atomic E-state index is 0.928. The second-order valence-corrected chi connectivity index (χ2v) is 4.74. The molecule has 0 heterocycles. The van der Waals surface area contributed by atoms with Gasteiger partial charge >= 0.3 is 0 Å². The van der Waals surface area contributed by atoms with E-state index >= 15 is 0 Å². The first-order chi connectivity index (χ1) is 8.56. The maximum Gasteiger partial charge on any atom is 0.297 e. The van der Waals surface area contributed by atoms with Gasteiger partial charge in [-0.3, -0.25) is 0 Å². The maximum absolute atomic E-state index is 8.57. The number of hydrogen-bond acceptors (Lipinski definition) is 3. The first-order valence-electron chi connectivity index (χ1n) is 7.07. The molecule has 0 aliphatic rings. The summed E-state index contributed by atoms with van der Waals surface area (Å²) in [6.07, 6.45) is 17.5. The summed E-state index contributed by atoms with van der Waals surface area (Å²) in [5.74, 6) is -2.69. The fourth-order valence-electron chi connectivity index (χ4n) is 1.76. The van der Waals surface area contributed by atoms with Crippen molar-refractivity contribution in [3.8, 4) is 0 Å². The van der Waals surface area contributed by atoms with E-state index in [2.05, 4.69) is 6.92 Å². The molecule has 0 aromatic heterocycles. The molecule has 0 aliphatic heterocycles. The number of allylic oxidation sites excluding steroid dienone is 3. The summed E-state index contributed by atoms with van der Waals surface area (Å²) in [4.78, 5) is 0. The van der Waals surface area contributed by atoms with Gasteiger partial charge in [0.1, 0.15) is 0 Å². The second-order valence-electron chi connectivity index (χ2n) is 4.74. The molecule has 0 bridgehead atoms. The molecule has 0 radical (unpaired) electrons. The summed E-state index contributed by atoms with van der Waals surface area (Å²) in [7, 11) is 0. The highest BCUT2D eigenvalue weighted by molar-refractivity contribution is 5.04. The molecule has 106 valence electrons. The van der Waals surface area contributed by atoms with E-state index in [0.29, 0.717) is 0 Å². The van der Waals surface area contributed by atoms with Crippen LogP contribution in [0, 0.1) is 0 Å². The topological polar surface area (TPSA) is 60.7 Å². The Morgan fingerprint density at radius 2 is 1.33 bits per heavy atom. The largest absolute Gasteiger partial charge is 0.340 e. The minimum Gasteiger partial charge on any atom is -0.340 e. The van der Waals surface area contributed by atoms with E-state index in [-0.39, 0.29) is 0 Å². The van der Waals surface area contributed by atoms with Gasteiger partial charge in [0, 0.05) is 6.08 Å². The van der Waals surface area contributed by atoms with Crippen LogP contribution in [0.5, 0.6) is 0 Å².